The second-order valence-corrected chi connectivity index (χ2v) is 5.63. The van der Waals surface area contributed by atoms with Crippen LogP contribution in [-0.2, 0) is 0 Å². The molecular formula is C20H14F3N3O2. The molecule has 0 fully saturated rings. The molecule has 0 spiro atoms. The molecule has 0 unspecified atom stereocenters. The third-order valence-corrected chi connectivity index (χ3v) is 3.75. The van der Waals surface area contributed by atoms with Crippen molar-refractivity contribution in [3.8, 4) is 28.8 Å². The number of anilines is 2. The summed E-state index contributed by atoms with van der Waals surface area (Å²) < 4.78 is 45.7. The van der Waals surface area contributed by atoms with Gasteiger partial charge in [0.1, 0.15) is 23.4 Å². The van der Waals surface area contributed by atoms with E-state index in [0.29, 0.717) is 28.5 Å². The number of hydrogen-bond donors (Lipinski definition) is 1. The Morgan fingerprint density at radius 2 is 1.57 bits per heavy atom. The molecule has 2 aromatic carbocycles. The number of pyridine rings is 1. The van der Waals surface area contributed by atoms with Gasteiger partial charge in [0.15, 0.2) is 0 Å². The number of nitrogens with one attached hydrogen (secondary N) is 1. The van der Waals surface area contributed by atoms with E-state index >= 15 is 0 Å². The zero-order valence-corrected chi connectivity index (χ0v) is 14.6. The van der Waals surface area contributed by atoms with Gasteiger partial charge in [0, 0.05) is 11.3 Å². The van der Waals surface area contributed by atoms with Crippen molar-refractivity contribution < 1.29 is 22.6 Å². The third kappa shape index (κ3) is 4.71. The van der Waals surface area contributed by atoms with Gasteiger partial charge >= 0.3 is 6.36 Å². The number of nitrogens with zero attached hydrogens (tertiary/aromatic N) is 2. The van der Waals surface area contributed by atoms with E-state index in [1.54, 1.807) is 31.4 Å². The Bertz CT molecular complexity index is 995. The zero-order valence-electron chi connectivity index (χ0n) is 14.6. The molecule has 3 aromatic rings. The number of aromatic nitrogens is 1. The summed E-state index contributed by atoms with van der Waals surface area (Å²) in [5.74, 6) is 0.663. The SMILES string of the molecule is COc1ccc(-c2ccc(C#N)c(Nc3ccc(OC(F)(F)F)cc3)n2)cc1. The number of methoxy groups -OCH3 is 1. The van der Waals surface area contributed by atoms with E-state index in [4.69, 9.17) is 4.74 Å². The molecule has 0 atom stereocenters. The maximum absolute atomic E-state index is 12.2. The summed E-state index contributed by atoms with van der Waals surface area (Å²) >= 11 is 0. The number of ether oxygens (including phenoxy) is 2. The van der Waals surface area contributed by atoms with E-state index in [9.17, 15) is 18.4 Å². The molecule has 1 aromatic heterocycles. The smallest absolute Gasteiger partial charge is 0.497 e. The van der Waals surface area contributed by atoms with Gasteiger partial charge in [0.2, 0.25) is 0 Å². The molecule has 0 saturated carbocycles. The van der Waals surface area contributed by atoms with E-state index < -0.39 is 6.36 Å². The van der Waals surface area contributed by atoms with Gasteiger partial charge in [-0.3, -0.25) is 0 Å². The number of benzene rings is 2. The Kier molecular flexibility index (Phi) is 5.36. The topological polar surface area (TPSA) is 67.2 Å². The van der Waals surface area contributed by atoms with Gasteiger partial charge in [-0.2, -0.15) is 5.26 Å². The van der Waals surface area contributed by atoms with Gasteiger partial charge in [0.25, 0.3) is 0 Å². The summed E-state index contributed by atoms with van der Waals surface area (Å²) in [4.78, 5) is 4.46. The fraction of sp³-hybridized carbons (Fsp3) is 0.100. The second kappa shape index (κ2) is 7.88. The average molecular weight is 385 g/mol. The van der Waals surface area contributed by atoms with Crippen molar-refractivity contribution in [2.45, 2.75) is 6.36 Å². The van der Waals surface area contributed by atoms with E-state index in [2.05, 4.69) is 15.0 Å². The number of rotatable bonds is 5. The highest BCUT2D eigenvalue weighted by Gasteiger charge is 2.30. The van der Waals surface area contributed by atoms with Crippen LogP contribution in [0.4, 0.5) is 24.7 Å². The highest BCUT2D eigenvalue weighted by molar-refractivity contribution is 5.69. The predicted octanol–water partition coefficient (Wildman–Crippen LogP) is 5.27. The van der Waals surface area contributed by atoms with Crippen LogP contribution in [0.1, 0.15) is 5.56 Å². The molecule has 8 heteroatoms. The van der Waals surface area contributed by atoms with Crippen LogP contribution in [0.15, 0.2) is 60.7 Å². The van der Waals surface area contributed by atoms with Crippen LogP contribution in [0.25, 0.3) is 11.3 Å². The van der Waals surface area contributed by atoms with E-state index in [0.717, 1.165) is 5.56 Å². The summed E-state index contributed by atoms with van der Waals surface area (Å²) in [7, 11) is 1.57. The van der Waals surface area contributed by atoms with Crippen molar-refractivity contribution in [3.63, 3.8) is 0 Å². The number of hydrogen-bond acceptors (Lipinski definition) is 5. The van der Waals surface area contributed by atoms with Gasteiger partial charge in [-0.1, -0.05) is 0 Å². The molecule has 142 valence electrons. The van der Waals surface area contributed by atoms with E-state index in [-0.39, 0.29) is 5.75 Å². The molecule has 0 aliphatic carbocycles. The predicted molar refractivity (Wildman–Crippen MR) is 97.3 cm³/mol. The first kappa shape index (κ1) is 19.0. The van der Waals surface area contributed by atoms with Gasteiger partial charge in [0.05, 0.1) is 18.4 Å². The van der Waals surface area contributed by atoms with Crippen LogP contribution in [0.3, 0.4) is 0 Å². The molecule has 0 aliphatic heterocycles. The number of nitriles is 1. The molecule has 1 heterocycles. The molecule has 0 amide bonds. The Balaban J connectivity index is 1.85. The van der Waals surface area contributed by atoms with E-state index in [1.807, 2.05) is 18.2 Å². The van der Waals surface area contributed by atoms with Crippen molar-refractivity contribution in [2.24, 2.45) is 0 Å². The lowest BCUT2D eigenvalue weighted by molar-refractivity contribution is -0.274. The Morgan fingerprint density at radius 1 is 0.929 bits per heavy atom. The summed E-state index contributed by atoms with van der Waals surface area (Å²) in [5.41, 5.74) is 2.21. The molecule has 28 heavy (non-hydrogen) atoms. The van der Waals surface area contributed by atoms with Crippen LogP contribution in [0.5, 0.6) is 11.5 Å². The van der Waals surface area contributed by atoms with Crippen molar-refractivity contribution in [3.05, 3.63) is 66.2 Å². The monoisotopic (exact) mass is 385 g/mol. The molecule has 0 saturated heterocycles. The summed E-state index contributed by atoms with van der Waals surface area (Å²) in [5, 5.41) is 12.3. The van der Waals surface area contributed by atoms with Crippen LogP contribution < -0.4 is 14.8 Å². The van der Waals surface area contributed by atoms with Crippen LogP contribution in [0, 0.1) is 11.3 Å². The Morgan fingerprint density at radius 3 is 2.14 bits per heavy atom. The normalized spacial score (nSPS) is 10.8. The fourth-order valence-corrected chi connectivity index (χ4v) is 2.44. The lowest BCUT2D eigenvalue weighted by atomic mass is 10.1. The molecule has 0 aliphatic rings. The zero-order chi connectivity index (χ0) is 20.1. The Hall–Kier alpha value is -3.73. The largest absolute Gasteiger partial charge is 0.573 e. The maximum atomic E-state index is 12.2. The standard InChI is InChI=1S/C20H14F3N3O2/c1-27-16-7-2-13(3-8-16)18-11-4-14(12-24)19(26-18)25-15-5-9-17(10-6-15)28-20(21,22)23/h2-11H,1H3,(H,25,26). The Labute approximate surface area is 159 Å². The van der Waals surface area contributed by atoms with Crippen molar-refractivity contribution in [2.75, 3.05) is 12.4 Å². The number of halogens is 3. The minimum Gasteiger partial charge on any atom is -0.497 e. The number of alkyl halides is 3. The lowest BCUT2D eigenvalue weighted by Crippen LogP contribution is -2.17. The first-order chi connectivity index (χ1) is 13.4. The summed E-state index contributed by atoms with van der Waals surface area (Å²) in [6.45, 7) is 0. The van der Waals surface area contributed by atoms with Crippen molar-refractivity contribution >= 4 is 11.5 Å². The van der Waals surface area contributed by atoms with E-state index in [1.165, 1.54) is 24.3 Å². The van der Waals surface area contributed by atoms with Gasteiger partial charge in [-0.05, 0) is 60.7 Å². The first-order valence-electron chi connectivity index (χ1n) is 8.06. The minimum absolute atomic E-state index is 0.292. The highest BCUT2D eigenvalue weighted by Crippen LogP contribution is 2.28. The summed E-state index contributed by atoms with van der Waals surface area (Å²) in [6.07, 6.45) is -4.75. The molecule has 5 nitrogen and oxygen atoms in total. The van der Waals surface area contributed by atoms with Gasteiger partial charge in [-0.15, -0.1) is 13.2 Å². The fourth-order valence-electron chi connectivity index (χ4n) is 2.44. The molecular weight excluding hydrogens is 371 g/mol. The first-order valence-corrected chi connectivity index (χ1v) is 8.06. The van der Waals surface area contributed by atoms with Crippen LogP contribution >= 0.6 is 0 Å². The van der Waals surface area contributed by atoms with Gasteiger partial charge < -0.3 is 14.8 Å². The maximum Gasteiger partial charge on any atom is 0.573 e. The van der Waals surface area contributed by atoms with Crippen LogP contribution in [0.2, 0.25) is 0 Å². The molecule has 1 N–H and O–H groups in total. The third-order valence-electron chi connectivity index (χ3n) is 3.75. The molecule has 0 radical (unpaired) electrons. The lowest BCUT2D eigenvalue weighted by Gasteiger charge is -2.12. The van der Waals surface area contributed by atoms with Crippen molar-refractivity contribution in [1.29, 1.82) is 5.26 Å². The highest BCUT2D eigenvalue weighted by atomic mass is 19.4. The molecule has 0 bridgehead atoms. The van der Waals surface area contributed by atoms with Gasteiger partial charge in [-0.25, -0.2) is 4.98 Å². The minimum atomic E-state index is -4.75. The quantitative estimate of drug-likeness (QED) is 0.648. The average Bonchev–Trinajstić information content (AvgIpc) is 2.68. The molecule has 3 rings (SSSR count). The summed E-state index contributed by atoms with van der Waals surface area (Å²) in [6, 6.07) is 17.8. The second-order valence-electron chi connectivity index (χ2n) is 5.63. The van der Waals surface area contributed by atoms with Crippen LogP contribution in [-0.4, -0.2) is 18.5 Å². The van der Waals surface area contributed by atoms with Crippen molar-refractivity contribution in [1.82, 2.24) is 4.98 Å².